The van der Waals surface area contributed by atoms with Gasteiger partial charge in [-0.15, -0.1) is 0 Å². The van der Waals surface area contributed by atoms with Gasteiger partial charge in [0.05, 0.1) is 23.4 Å². The van der Waals surface area contributed by atoms with Gasteiger partial charge < -0.3 is 5.11 Å². The van der Waals surface area contributed by atoms with E-state index in [1.54, 1.807) is 0 Å². The van der Waals surface area contributed by atoms with Crippen LogP contribution in [0.2, 0.25) is 0 Å². The van der Waals surface area contributed by atoms with E-state index in [9.17, 15) is 23.1 Å². The van der Waals surface area contributed by atoms with Crippen molar-refractivity contribution in [1.29, 1.82) is 0 Å². The summed E-state index contributed by atoms with van der Waals surface area (Å²) in [5.41, 5.74) is -0.153. The third kappa shape index (κ3) is 2.87. The lowest BCUT2D eigenvalue weighted by molar-refractivity contribution is -0.137. The van der Waals surface area contributed by atoms with Crippen molar-refractivity contribution in [3.8, 4) is 5.69 Å². The number of halogens is 3. The SMILES string of the molecule is CC(C)c1[nH]n(-c2ccc(C(F)(F)F)cc2)c(=O)c1CO. The fourth-order valence-corrected chi connectivity index (χ4v) is 2.10. The maximum absolute atomic E-state index is 12.5. The lowest BCUT2D eigenvalue weighted by atomic mass is 10.1. The number of alkyl halides is 3. The van der Waals surface area contributed by atoms with Crippen molar-refractivity contribution in [2.75, 3.05) is 0 Å². The second-order valence-electron chi connectivity index (χ2n) is 5.00. The van der Waals surface area contributed by atoms with Gasteiger partial charge in [0.2, 0.25) is 0 Å². The normalized spacial score (nSPS) is 12.1. The molecule has 0 aliphatic rings. The molecule has 1 aromatic carbocycles. The molecule has 1 heterocycles. The smallest absolute Gasteiger partial charge is 0.391 e. The maximum Gasteiger partial charge on any atom is 0.416 e. The standard InChI is InChI=1S/C14H15F3N2O2/c1-8(2)12-11(7-20)13(21)19(18-12)10-5-3-9(4-6-10)14(15,16)17/h3-6,8,18,20H,7H2,1-2H3. The van der Waals surface area contributed by atoms with Crippen LogP contribution in [0.1, 0.15) is 36.6 Å². The van der Waals surface area contributed by atoms with Crippen LogP contribution in [0.25, 0.3) is 5.69 Å². The van der Waals surface area contributed by atoms with Crippen molar-refractivity contribution in [1.82, 2.24) is 9.78 Å². The number of benzene rings is 1. The highest BCUT2D eigenvalue weighted by atomic mass is 19.4. The van der Waals surface area contributed by atoms with E-state index in [1.165, 1.54) is 12.1 Å². The molecule has 0 fully saturated rings. The molecule has 0 saturated carbocycles. The van der Waals surface area contributed by atoms with Crippen molar-refractivity contribution >= 4 is 0 Å². The summed E-state index contributed by atoms with van der Waals surface area (Å²) in [5.74, 6) is -0.0180. The van der Waals surface area contributed by atoms with Crippen molar-refractivity contribution in [2.45, 2.75) is 32.5 Å². The van der Waals surface area contributed by atoms with Crippen LogP contribution in [0.3, 0.4) is 0 Å². The third-order valence-electron chi connectivity index (χ3n) is 3.21. The van der Waals surface area contributed by atoms with E-state index in [2.05, 4.69) is 5.10 Å². The first-order chi connectivity index (χ1) is 9.75. The number of nitrogens with one attached hydrogen (secondary N) is 1. The number of rotatable bonds is 3. The lowest BCUT2D eigenvalue weighted by Gasteiger charge is -2.08. The van der Waals surface area contributed by atoms with Gasteiger partial charge in [0.15, 0.2) is 0 Å². The number of aromatic amines is 1. The van der Waals surface area contributed by atoms with Gasteiger partial charge in [0.25, 0.3) is 5.56 Å². The topological polar surface area (TPSA) is 58.0 Å². The van der Waals surface area contributed by atoms with E-state index < -0.39 is 23.9 Å². The fourth-order valence-electron chi connectivity index (χ4n) is 2.10. The van der Waals surface area contributed by atoms with Gasteiger partial charge >= 0.3 is 6.18 Å². The van der Waals surface area contributed by atoms with Crippen molar-refractivity contribution < 1.29 is 18.3 Å². The number of aliphatic hydroxyl groups excluding tert-OH is 1. The van der Waals surface area contributed by atoms with Crippen molar-refractivity contribution in [2.24, 2.45) is 0 Å². The fraction of sp³-hybridized carbons (Fsp3) is 0.357. The van der Waals surface area contributed by atoms with E-state index in [1.807, 2.05) is 13.8 Å². The Morgan fingerprint density at radius 3 is 2.19 bits per heavy atom. The highest BCUT2D eigenvalue weighted by molar-refractivity contribution is 5.36. The van der Waals surface area contributed by atoms with Crippen molar-refractivity contribution in [3.63, 3.8) is 0 Å². The summed E-state index contributed by atoms with van der Waals surface area (Å²) in [4.78, 5) is 12.2. The molecule has 7 heteroatoms. The van der Waals surface area contributed by atoms with Crippen molar-refractivity contribution in [3.05, 3.63) is 51.4 Å². The molecule has 21 heavy (non-hydrogen) atoms. The Bertz CT molecular complexity index is 682. The highest BCUT2D eigenvalue weighted by Gasteiger charge is 2.30. The minimum Gasteiger partial charge on any atom is -0.391 e. The summed E-state index contributed by atoms with van der Waals surface area (Å²) in [7, 11) is 0. The zero-order chi connectivity index (χ0) is 15.8. The summed E-state index contributed by atoms with van der Waals surface area (Å²) in [5, 5.41) is 12.1. The predicted molar refractivity (Wildman–Crippen MR) is 71.4 cm³/mol. The minimum absolute atomic E-state index is 0.0180. The Morgan fingerprint density at radius 1 is 1.24 bits per heavy atom. The monoisotopic (exact) mass is 300 g/mol. The molecule has 0 spiro atoms. The van der Waals surface area contributed by atoms with Gasteiger partial charge in [-0.3, -0.25) is 9.89 Å². The zero-order valence-electron chi connectivity index (χ0n) is 11.5. The minimum atomic E-state index is -4.42. The molecule has 0 unspecified atom stereocenters. The summed E-state index contributed by atoms with van der Waals surface area (Å²) >= 11 is 0. The van der Waals surface area contributed by atoms with Crippen LogP contribution < -0.4 is 5.56 Å². The Hall–Kier alpha value is -2.02. The molecular formula is C14H15F3N2O2. The van der Waals surface area contributed by atoms with Gasteiger partial charge in [0, 0.05) is 5.69 Å². The molecule has 114 valence electrons. The molecule has 0 radical (unpaired) electrons. The first kappa shape index (κ1) is 15.4. The molecule has 0 amide bonds. The molecular weight excluding hydrogens is 285 g/mol. The number of nitrogens with zero attached hydrogens (tertiary/aromatic N) is 1. The van der Waals surface area contributed by atoms with Gasteiger partial charge in [0.1, 0.15) is 0 Å². The first-order valence-corrected chi connectivity index (χ1v) is 6.38. The quantitative estimate of drug-likeness (QED) is 0.915. The number of H-pyrrole nitrogens is 1. The summed E-state index contributed by atoms with van der Waals surface area (Å²) in [6.07, 6.45) is -4.42. The van der Waals surface area contributed by atoms with Crippen LogP contribution >= 0.6 is 0 Å². The third-order valence-corrected chi connectivity index (χ3v) is 3.21. The largest absolute Gasteiger partial charge is 0.416 e. The van der Waals surface area contributed by atoms with Crippen LogP contribution in [0.4, 0.5) is 13.2 Å². The summed E-state index contributed by atoms with van der Waals surface area (Å²) < 4.78 is 38.7. The van der Waals surface area contributed by atoms with E-state index in [0.717, 1.165) is 16.8 Å². The number of hydrogen-bond donors (Lipinski definition) is 2. The van der Waals surface area contributed by atoms with Crippen LogP contribution in [0.15, 0.2) is 29.1 Å². The average molecular weight is 300 g/mol. The highest BCUT2D eigenvalue weighted by Crippen LogP contribution is 2.29. The number of aromatic nitrogens is 2. The molecule has 0 saturated heterocycles. The van der Waals surface area contributed by atoms with Gasteiger partial charge in [-0.1, -0.05) is 13.8 Å². The number of hydrogen-bond acceptors (Lipinski definition) is 2. The molecule has 0 aliphatic heterocycles. The molecule has 0 bridgehead atoms. The zero-order valence-corrected chi connectivity index (χ0v) is 11.5. The average Bonchev–Trinajstić information content (AvgIpc) is 2.75. The van der Waals surface area contributed by atoms with Crippen LogP contribution in [-0.4, -0.2) is 14.9 Å². The van der Waals surface area contributed by atoms with Crippen LogP contribution in [0, 0.1) is 0 Å². The lowest BCUT2D eigenvalue weighted by Crippen LogP contribution is -2.17. The van der Waals surface area contributed by atoms with Gasteiger partial charge in [-0.05, 0) is 30.2 Å². The molecule has 0 atom stereocenters. The van der Waals surface area contributed by atoms with E-state index in [-0.39, 0.29) is 17.2 Å². The Balaban J connectivity index is 2.50. The predicted octanol–water partition coefficient (Wildman–Crippen LogP) is 2.80. The van der Waals surface area contributed by atoms with E-state index in [0.29, 0.717) is 5.69 Å². The summed E-state index contributed by atoms with van der Waals surface area (Å²) in [6.45, 7) is 3.28. The molecule has 0 aliphatic carbocycles. The Labute approximate surface area is 118 Å². The van der Waals surface area contributed by atoms with E-state index >= 15 is 0 Å². The van der Waals surface area contributed by atoms with E-state index in [4.69, 9.17) is 0 Å². The van der Waals surface area contributed by atoms with Crippen LogP contribution in [0.5, 0.6) is 0 Å². The first-order valence-electron chi connectivity index (χ1n) is 6.38. The van der Waals surface area contributed by atoms with Crippen LogP contribution in [-0.2, 0) is 12.8 Å². The second-order valence-corrected chi connectivity index (χ2v) is 5.00. The maximum atomic E-state index is 12.5. The molecule has 2 N–H and O–H groups in total. The molecule has 2 rings (SSSR count). The Kier molecular flexibility index (Phi) is 3.95. The van der Waals surface area contributed by atoms with Gasteiger partial charge in [-0.2, -0.15) is 13.2 Å². The molecule has 1 aromatic heterocycles. The second kappa shape index (κ2) is 5.40. The molecule has 4 nitrogen and oxygen atoms in total. The molecule has 2 aromatic rings. The van der Waals surface area contributed by atoms with Gasteiger partial charge in [-0.25, -0.2) is 4.68 Å². The summed E-state index contributed by atoms with van der Waals surface area (Å²) in [6, 6.07) is 4.25. The Morgan fingerprint density at radius 2 is 1.81 bits per heavy atom. The number of aliphatic hydroxyl groups is 1.